The van der Waals surface area contributed by atoms with Gasteiger partial charge in [0.2, 0.25) is 0 Å². The minimum absolute atomic E-state index is 0.0881. The average Bonchev–Trinajstić information content (AvgIpc) is 2.95. The Bertz CT molecular complexity index is 302. The maximum absolute atomic E-state index is 12.2. The van der Waals surface area contributed by atoms with Crippen molar-refractivity contribution < 1.29 is 14.7 Å². The first-order valence-electron chi connectivity index (χ1n) is 5.95. The number of hydrogen-bond acceptors (Lipinski definition) is 2. The highest BCUT2D eigenvalue weighted by Gasteiger charge is 2.40. The van der Waals surface area contributed by atoms with Crippen molar-refractivity contribution in [3.05, 3.63) is 0 Å². The zero-order valence-electron chi connectivity index (χ0n) is 9.56. The Morgan fingerprint density at radius 3 is 2.56 bits per heavy atom. The summed E-state index contributed by atoms with van der Waals surface area (Å²) in [5.41, 5.74) is 0. The summed E-state index contributed by atoms with van der Waals surface area (Å²) in [6.07, 6.45) is 3.50. The van der Waals surface area contributed by atoms with E-state index < -0.39 is 12.0 Å². The lowest BCUT2D eigenvalue weighted by Crippen LogP contribution is -2.48. The van der Waals surface area contributed by atoms with Crippen molar-refractivity contribution >= 4 is 12.0 Å². The summed E-state index contributed by atoms with van der Waals surface area (Å²) >= 11 is 0. The number of hydrogen-bond donors (Lipinski definition) is 1. The molecule has 1 atom stereocenters. The number of urea groups is 1. The van der Waals surface area contributed by atoms with Crippen molar-refractivity contribution in [3.63, 3.8) is 0 Å². The molecule has 1 saturated carbocycles. The second-order valence-corrected chi connectivity index (χ2v) is 4.49. The van der Waals surface area contributed by atoms with E-state index in [-0.39, 0.29) is 6.03 Å². The fraction of sp³-hybridized carbons (Fsp3) is 0.818. The average molecular weight is 226 g/mol. The number of amides is 2. The first-order valence-corrected chi connectivity index (χ1v) is 5.95. The molecule has 0 bridgehead atoms. The van der Waals surface area contributed by atoms with Gasteiger partial charge >= 0.3 is 12.0 Å². The highest BCUT2D eigenvalue weighted by Crippen LogP contribution is 2.29. The molecule has 0 aromatic rings. The summed E-state index contributed by atoms with van der Waals surface area (Å²) in [6, 6.07) is -0.345. The highest BCUT2D eigenvalue weighted by molar-refractivity contribution is 5.83. The molecule has 0 spiro atoms. The van der Waals surface area contributed by atoms with Crippen LogP contribution in [0.3, 0.4) is 0 Å². The Kier molecular flexibility index (Phi) is 3.03. The fourth-order valence-electron chi connectivity index (χ4n) is 2.35. The number of aliphatic carboxylic acids is 1. The van der Waals surface area contributed by atoms with Crippen molar-refractivity contribution in [2.24, 2.45) is 0 Å². The van der Waals surface area contributed by atoms with Crippen LogP contribution in [0.1, 0.15) is 32.6 Å². The van der Waals surface area contributed by atoms with Crippen molar-refractivity contribution in [2.75, 3.05) is 13.1 Å². The number of carbonyl (C=O) groups is 2. The van der Waals surface area contributed by atoms with Crippen LogP contribution in [-0.4, -0.2) is 52.1 Å². The van der Waals surface area contributed by atoms with E-state index in [1.165, 1.54) is 4.90 Å². The summed E-state index contributed by atoms with van der Waals surface area (Å²) in [5.74, 6) is -0.877. The molecule has 2 aliphatic rings. The SMILES string of the molecule is CCN(C(=O)N1CCCC1C(=O)O)C1CC1. The number of carboxylic acids is 1. The Morgan fingerprint density at radius 1 is 1.38 bits per heavy atom. The zero-order valence-corrected chi connectivity index (χ0v) is 9.56. The first kappa shape index (κ1) is 11.2. The Balaban J connectivity index is 2.04. The van der Waals surface area contributed by atoms with Crippen LogP contribution in [-0.2, 0) is 4.79 Å². The van der Waals surface area contributed by atoms with Gasteiger partial charge in [-0.05, 0) is 32.6 Å². The second kappa shape index (κ2) is 4.31. The maximum Gasteiger partial charge on any atom is 0.326 e. The van der Waals surface area contributed by atoms with Crippen LogP contribution >= 0.6 is 0 Å². The van der Waals surface area contributed by atoms with Crippen LogP contribution in [0.5, 0.6) is 0 Å². The van der Waals surface area contributed by atoms with Crippen molar-refractivity contribution in [3.8, 4) is 0 Å². The van der Waals surface area contributed by atoms with E-state index >= 15 is 0 Å². The summed E-state index contributed by atoms with van der Waals surface area (Å²) in [6.45, 7) is 3.20. The molecule has 0 radical (unpaired) electrons. The molecule has 1 unspecified atom stereocenters. The summed E-state index contributed by atoms with van der Waals surface area (Å²) < 4.78 is 0. The van der Waals surface area contributed by atoms with E-state index in [4.69, 9.17) is 5.11 Å². The van der Waals surface area contributed by atoms with Crippen molar-refractivity contribution in [1.82, 2.24) is 9.80 Å². The molecule has 16 heavy (non-hydrogen) atoms. The molecule has 1 saturated heterocycles. The molecule has 0 aromatic heterocycles. The molecule has 2 rings (SSSR count). The molecule has 0 aromatic carbocycles. The van der Waals surface area contributed by atoms with Gasteiger partial charge in [0.25, 0.3) is 0 Å². The lowest BCUT2D eigenvalue weighted by atomic mass is 10.2. The molecule has 2 amide bonds. The maximum atomic E-state index is 12.2. The first-order chi connectivity index (χ1) is 7.65. The number of carboxylic acid groups (broad SMARTS) is 1. The zero-order chi connectivity index (χ0) is 11.7. The largest absolute Gasteiger partial charge is 0.480 e. The summed E-state index contributed by atoms with van der Waals surface area (Å²) in [7, 11) is 0. The third-order valence-corrected chi connectivity index (χ3v) is 3.36. The van der Waals surface area contributed by atoms with Gasteiger partial charge in [-0.1, -0.05) is 0 Å². The smallest absolute Gasteiger partial charge is 0.326 e. The van der Waals surface area contributed by atoms with Gasteiger partial charge in [-0.2, -0.15) is 0 Å². The highest BCUT2D eigenvalue weighted by atomic mass is 16.4. The van der Waals surface area contributed by atoms with Gasteiger partial charge in [0, 0.05) is 19.1 Å². The summed E-state index contributed by atoms with van der Waals surface area (Å²) in [5, 5.41) is 9.03. The summed E-state index contributed by atoms with van der Waals surface area (Å²) in [4.78, 5) is 26.5. The van der Waals surface area contributed by atoms with E-state index in [1.807, 2.05) is 6.92 Å². The van der Waals surface area contributed by atoms with Gasteiger partial charge < -0.3 is 14.9 Å². The van der Waals surface area contributed by atoms with E-state index in [0.717, 1.165) is 19.3 Å². The Morgan fingerprint density at radius 2 is 2.06 bits per heavy atom. The predicted octanol–water partition coefficient (Wildman–Crippen LogP) is 1.14. The molecule has 1 N–H and O–H groups in total. The minimum Gasteiger partial charge on any atom is -0.480 e. The van der Waals surface area contributed by atoms with E-state index in [1.54, 1.807) is 4.90 Å². The lowest BCUT2D eigenvalue weighted by Gasteiger charge is -2.29. The third-order valence-electron chi connectivity index (χ3n) is 3.36. The molecular formula is C11H18N2O3. The van der Waals surface area contributed by atoms with Gasteiger partial charge in [0.1, 0.15) is 6.04 Å². The quantitative estimate of drug-likeness (QED) is 0.785. The third kappa shape index (κ3) is 1.99. The molecule has 1 aliphatic carbocycles. The van der Waals surface area contributed by atoms with Crippen LogP contribution < -0.4 is 0 Å². The van der Waals surface area contributed by atoms with Crippen LogP contribution in [0.4, 0.5) is 4.79 Å². The standard InChI is InChI=1S/C11H18N2O3/c1-2-12(8-5-6-8)11(16)13-7-3-4-9(13)10(14)15/h8-9H,2-7H2,1H3,(H,14,15). The molecule has 2 fully saturated rings. The number of rotatable bonds is 3. The van der Waals surface area contributed by atoms with Gasteiger partial charge in [0.15, 0.2) is 0 Å². The Labute approximate surface area is 95.0 Å². The van der Waals surface area contributed by atoms with Crippen LogP contribution in [0.25, 0.3) is 0 Å². The number of likely N-dealkylation sites (tertiary alicyclic amines) is 1. The fourth-order valence-corrected chi connectivity index (χ4v) is 2.35. The molecule has 1 aliphatic heterocycles. The molecule has 90 valence electrons. The predicted molar refractivity (Wildman–Crippen MR) is 58.2 cm³/mol. The Hall–Kier alpha value is -1.26. The molecule has 5 nitrogen and oxygen atoms in total. The topological polar surface area (TPSA) is 60.9 Å². The second-order valence-electron chi connectivity index (χ2n) is 4.49. The van der Waals surface area contributed by atoms with E-state index in [0.29, 0.717) is 25.6 Å². The van der Waals surface area contributed by atoms with Crippen molar-refractivity contribution in [1.29, 1.82) is 0 Å². The van der Waals surface area contributed by atoms with Crippen LogP contribution in [0.15, 0.2) is 0 Å². The number of nitrogens with zero attached hydrogens (tertiary/aromatic N) is 2. The van der Waals surface area contributed by atoms with Gasteiger partial charge in [-0.15, -0.1) is 0 Å². The van der Waals surface area contributed by atoms with E-state index in [2.05, 4.69) is 0 Å². The molecule has 1 heterocycles. The van der Waals surface area contributed by atoms with Gasteiger partial charge in [-0.25, -0.2) is 9.59 Å². The van der Waals surface area contributed by atoms with E-state index in [9.17, 15) is 9.59 Å². The van der Waals surface area contributed by atoms with Crippen LogP contribution in [0, 0.1) is 0 Å². The van der Waals surface area contributed by atoms with Gasteiger partial charge in [0.05, 0.1) is 0 Å². The van der Waals surface area contributed by atoms with Gasteiger partial charge in [-0.3, -0.25) is 0 Å². The van der Waals surface area contributed by atoms with Crippen molar-refractivity contribution in [2.45, 2.75) is 44.7 Å². The normalized spacial score (nSPS) is 24.6. The number of carbonyl (C=O) groups excluding carboxylic acids is 1. The lowest BCUT2D eigenvalue weighted by molar-refractivity contribution is -0.141. The monoisotopic (exact) mass is 226 g/mol. The van der Waals surface area contributed by atoms with Crippen LogP contribution in [0.2, 0.25) is 0 Å². The molecule has 5 heteroatoms. The molecular weight excluding hydrogens is 208 g/mol. The minimum atomic E-state index is -0.877.